The van der Waals surface area contributed by atoms with E-state index in [4.69, 9.17) is 9.05 Å². The topological polar surface area (TPSA) is 105 Å². The molecular weight excluding hydrogens is 888 g/mol. The van der Waals surface area contributed by atoms with Crippen LogP contribution in [0.3, 0.4) is 0 Å². The van der Waals surface area contributed by atoms with Crippen LogP contribution in [0.1, 0.15) is 309 Å². The number of rotatable bonds is 57. The summed E-state index contributed by atoms with van der Waals surface area (Å²) in [5.41, 5.74) is 0. The minimum Gasteiger partial charge on any atom is -0.387 e. The lowest BCUT2D eigenvalue weighted by molar-refractivity contribution is -0.870. The minimum absolute atomic E-state index is 0.0579. The smallest absolute Gasteiger partial charge is 0.387 e. The summed E-state index contributed by atoms with van der Waals surface area (Å²) in [5, 5.41) is 13.8. The van der Waals surface area contributed by atoms with E-state index < -0.39 is 20.0 Å². The Balaban J connectivity index is 3.71. The van der Waals surface area contributed by atoms with Crippen molar-refractivity contribution in [3.8, 4) is 0 Å². The first-order valence-corrected chi connectivity index (χ1v) is 32.2. The molecule has 0 aromatic carbocycles. The van der Waals surface area contributed by atoms with Crippen molar-refractivity contribution in [1.29, 1.82) is 0 Å². The van der Waals surface area contributed by atoms with Crippen LogP contribution in [0.2, 0.25) is 0 Å². The number of allylic oxidation sites excluding steroid dienone is 3. The van der Waals surface area contributed by atoms with Crippen molar-refractivity contribution in [2.24, 2.45) is 0 Å². The first-order valence-electron chi connectivity index (χ1n) is 30.7. The van der Waals surface area contributed by atoms with Gasteiger partial charge in [0.1, 0.15) is 13.2 Å². The number of phosphoric ester groups is 1. The Labute approximate surface area is 436 Å². The maximum atomic E-state index is 12.9. The van der Waals surface area contributed by atoms with Crippen LogP contribution in [0.4, 0.5) is 0 Å². The van der Waals surface area contributed by atoms with Crippen LogP contribution in [0.25, 0.3) is 0 Å². The standard InChI is InChI=1S/C61H121N2O6P/c1-6-8-10-12-14-16-17-18-19-20-21-22-23-24-25-26-27-28-29-30-31-32-33-34-35-36-37-38-39-40-41-42-43-44-45-46-47-49-51-53-55-61(65)62-59(58-69-70(66,67)68-57-56-63(3,4)5)60(64)54-52-50-48-15-13-11-9-7-2/h13,15,52,54,59-60,64H,6-12,14,16-51,53,55-58H2,1-5H3,(H-,62,65,66,67)/p+1/b15-13+,54-52+. The zero-order valence-electron chi connectivity index (χ0n) is 47.5. The summed E-state index contributed by atoms with van der Waals surface area (Å²) in [7, 11) is 1.56. The molecule has 0 spiro atoms. The number of amides is 1. The molecule has 3 atom stereocenters. The van der Waals surface area contributed by atoms with Crippen LogP contribution in [-0.4, -0.2) is 73.4 Å². The quantitative estimate of drug-likeness (QED) is 0.0243. The molecule has 0 heterocycles. The maximum Gasteiger partial charge on any atom is 0.472 e. The number of likely N-dealkylation sites (N-methyl/N-ethyl adjacent to an activating group) is 1. The molecule has 0 saturated carbocycles. The number of hydrogen-bond acceptors (Lipinski definition) is 5. The van der Waals surface area contributed by atoms with E-state index in [-0.39, 0.29) is 19.1 Å². The fraction of sp³-hybridized carbons (Fsp3) is 0.918. The fourth-order valence-corrected chi connectivity index (χ4v) is 10.1. The summed E-state index contributed by atoms with van der Waals surface area (Å²) < 4.78 is 23.5. The lowest BCUT2D eigenvalue weighted by Crippen LogP contribution is -2.45. The Kier molecular flexibility index (Phi) is 52.1. The molecule has 0 rings (SSSR count). The van der Waals surface area contributed by atoms with Gasteiger partial charge in [-0.1, -0.05) is 301 Å². The minimum atomic E-state index is -4.34. The SMILES string of the molecule is CCCC/C=C/CC/C=C/C(O)C(COP(=O)(O)OCC[N+](C)(C)C)NC(=O)CCCCCCCCCCCCCCCCCCCCCCCCCCCCCCCCCCCCCCCCCC. The second-order valence-electron chi connectivity index (χ2n) is 22.4. The highest BCUT2D eigenvalue weighted by atomic mass is 31.2. The lowest BCUT2D eigenvalue weighted by atomic mass is 10.0. The monoisotopic (exact) mass is 1010 g/mol. The van der Waals surface area contributed by atoms with Crippen LogP contribution in [-0.2, 0) is 18.4 Å². The molecule has 416 valence electrons. The third-order valence-corrected chi connectivity index (χ3v) is 15.2. The molecule has 8 nitrogen and oxygen atoms in total. The van der Waals surface area contributed by atoms with E-state index in [9.17, 15) is 19.4 Å². The van der Waals surface area contributed by atoms with Gasteiger partial charge in [-0.05, 0) is 25.7 Å². The molecule has 0 fully saturated rings. The van der Waals surface area contributed by atoms with Gasteiger partial charge in [0.15, 0.2) is 0 Å². The molecule has 0 radical (unpaired) electrons. The summed E-state index contributed by atoms with van der Waals surface area (Å²) in [5.74, 6) is -0.185. The number of carbonyl (C=O) groups excluding carboxylic acids is 1. The van der Waals surface area contributed by atoms with Gasteiger partial charge >= 0.3 is 7.82 Å². The third-order valence-electron chi connectivity index (χ3n) is 14.2. The molecule has 70 heavy (non-hydrogen) atoms. The molecule has 0 aliphatic carbocycles. The summed E-state index contributed by atoms with van der Waals surface area (Å²) >= 11 is 0. The second-order valence-corrected chi connectivity index (χ2v) is 23.9. The van der Waals surface area contributed by atoms with E-state index in [2.05, 4.69) is 31.3 Å². The summed E-state index contributed by atoms with van der Waals surface area (Å²) in [6, 6.07) is -0.857. The Morgan fingerprint density at radius 1 is 0.471 bits per heavy atom. The molecule has 0 bridgehead atoms. The zero-order valence-corrected chi connectivity index (χ0v) is 48.4. The van der Waals surface area contributed by atoms with Crippen molar-refractivity contribution in [2.45, 2.75) is 321 Å². The average molecular weight is 1010 g/mol. The number of carbonyl (C=O) groups is 1. The van der Waals surface area contributed by atoms with E-state index in [0.717, 1.165) is 38.5 Å². The highest BCUT2D eigenvalue weighted by Gasteiger charge is 2.27. The van der Waals surface area contributed by atoms with E-state index >= 15 is 0 Å². The Hall–Kier alpha value is -1.02. The van der Waals surface area contributed by atoms with Crippen molar-refractivity contribution in [2.75, 3.05) is 40.9 Å². The second kappa shape index (κ2) is 52.8. The van der Waals surface area contributed by atoms with Crippen LogP contribution in [0.15, 0.2) is 24.3 Å². The highest BCUT2D eigenvalue weighted by Crippen LogP contribution is 2.43. The van der Waals surface area contributed by atoms with Gasteiger partial charge in [-0.15, -0.1) is 0 Å². The Morgan fingerprint density at radius 2 is 0.786 bits per heavy atom. The van der Waals surface area contributed by atoms with Crippen molar-refractivity contribution >= 4 is 13.7 Å². The number of nitrogens with one attached hydrogen (secondary N) is 1. The Morgan fingerprint density at radius 3 is 1.13 bits per heavy atom. The van der Waals surface area contributed by atoms with Crippen LogP contribution in [0, 0.1) is 0 Å². The third kappa shape index (κ3) is 54.7. The molecule has 1 amide bonds. The molecule has 0 saturated heterocycles. The maximum absolute atomic E-state index is 12.9. The molecule has 0 aliphatic rings. The molecule has 9 heteroatoms. The largest absolute Gasteiger partial charge is 0.472 e. The molecule has 0 aromatic rings. The van der Waals surface area contributed by atoms with Crippen molar-refractivity contribution in [3.63, 3.8) is 0 Å². The van der Waals surface area contributed by atoms with Crippen molar-refractivity contribution in [1.82, 2.24) is 5.32 Å². The van der Waals surface area contributed by atoms with E-state index in [0.29, 0.717) is 17.4 Å². The number of aliphatic hydroxyl groups is 1. The number of aliphatic hydroxyl groups excluding tert-OH is 1. The Bertz CT molecular complexity index is 1190. The summed E-state index contributed by atoms with van der Waals surface area (Å²) in [4.78, 5) is 23.1. The predicted octanol–water partition coefficient (Wildman–Crippen LogP) is 18.8. The van der Waals surface area contributed by atoms with Crippen molar-refractivity contribution < 1.29 is 32.9 Å². The van der Waals surface area contributed by atoms with Crippen LogP contribution in [0.5, 0.6) is 0 Å². The van der Waals surface area contributed by atoms with Crippen LogP contribution >= 0.6 is 7.82 Å². The van der Waals surface area contributed by atoms with Gasteiger partial charge < -0.3 is 19.8 Å². The van der Waals surface area contributed by atoms with Gasteiger partial charge in [0.2, 0.25) is 5.91 Å². The average Bonchev–Trinajstić information content (AvgIpc) is 3.32. The lowest BCUT2D eigenvalue weighted by Gasteiger charge is -2.25. The number of phosphoric acid groups is 1. The first-order chi connectivity index (χ1) is 34.0. The van der Waals surface area contributed by atoms with Crippen molar-refractivity contribution in [3.05, 3.63) is 24.3 Å². The van der Waals surface area contributed by atoms with E-state index in [1.807, 2.05) is 27.2 Å². The molecular formula is C61H122N2O6P+. The molecule has 3 N–H and O–H groups in total. The zero-order chi connectivity index (χ0) is 51.3. The molecule has 0 aliphatic heterocycles. The summed E-state index contributed by atoms with van der Waals surface area (Å²) in [6.45, 7) is 4.75. The van der Waals surface area contributed by atoms with Gasteiger partial charge in [0.25, 0.3) is 0 Å². The van der Waals surface area contributed by atoms with E-state index in [1.165, 1.54) is 250 Å². The number of quaternary nitrogens is 1. The molecule has 3 unspecified atom stereocenters. The van der Waals surface area contributed by atoms with Crippen LogP contribution < -0.4 is 5.32 Å². The van der Waals surface area contributed by atoms with Gasteiger partial charge in [-0.25, -0.2) is 4.57 Å². The van der Waals surface area contributed by atoms with E-state index in [1.54, 1.807) is 6.08 Å². The number of hydrogen-bond donors (Lipinski definition) is 3. The van der Waals surface area contributed by atoms with Gasteiger partial charge in [-0.3, -0.25) is 13.8 Å². The number of nitrogens with zero attached hydrogens (tertiary/aromatic N) is 1. The normalized spacial score (nSPS) is 14.0. The van der Waals surface area contributed by atoms with Gasteiger partial charge in [-0.2, -0.15) is 0 Å². The fourth-order valence-electron chi connectivity index (χ4n) is 9.34. The predicted molar refractivity (Wildman–Crippen MR) is 305 cm³/mol. The summed E-state index contributed by atoms with van der Waals surface area (Å²) in [6.07, 6.45) is 68.0. The molecule has 0 aromatic heterocycles. The highest BCUT2D eigenvalue weighted by molar-refractivity contribution is 7.47. The first kappa shape index (κ1) is 69.0. The van der Waals surface area contributed by atoms with Gasteiger partial charge in [0, 0.05) is 6.42 Å². The number of unbranched alkanes of at least 4 members (excludes halogenated alkanes) is 42. The van der Waals surface area contributed by atoms with Gasteiger partial charge in [0.05, 0.1) is 39.9 Å².